The summed E-state index contributed by atoms with van der Waals surface area (Å²) in [5.41, 5.74) is 3.92. The molecule has 0 unspecified atom stereocenters. The normalized spacial score (nSPS) is 10.6. The molecule has 6 heteroatoms. The number of aryl methyl sites for hydroxylation is 1. The quantitative estimate of drug-likeness (QED) is 0.472. The lowest BCUT2D eigenvalue weighted by Gasteiger charge is -2.11. The second-order valence-electron chi connectivity index (χ2n) is 6.74. The van der Waals surface area contributed by atoms with E-state index in [-0.39, 0.29) is 5.91 Å². The molecule has 6 nitrogen and oxygen atoms in total. The van der Waals surface area contributed by atoms with Crippen LogP contribution in [0, 0.1) is 6.92 Å². The van der Waals surface area contributed by atoms with Crippen LogP contribution in [0.4, 0.5) is 5.69 Å². The zero-order valence-corrected chi connectivity index (χ0v) is 16.8. The Morgan fingerprint density at radius 2 is 1.50 bits per heavy atom. The number of carbonyl (C=O) groups excluding carboxylic acids is 1. The van der Waals surface area contributed by atoms with E-state index in [0.29, 0.717) is 35.4 Å². The molecule has 0 atom stereocenters. The van der Waals surface area contributed by atoms with Crippen molar-refractivity contribution in [2.45, 2.75) is 13.8 Å². The van der Waals surface area contributed by atoms with Crippen LogP contribution in [0.2, 0.25) is 0 Å². The Kier molecular flexibility index (Phi) is 5.57. The number of nitrogens with one attached hydrogen (secondary N) is 1. The molecule has 0 aliphatic heterocycles. The molecular formula is C24H21N3O3. The molecule has 0 bridgehead atoms. The van der Waals surface area contributed by atoms with E-state index < -0.39 is 0 Å². The molecule has 0 fully saturated rings. The summed E-state index contributed by atoms with van der Waals surface area (Å²) >= 11 is 0. The number of para-hydroxylation sites is 2. The van der Waals surface area contributed by atoms with Crippen molar-refractivity contribution in [3.05, 3.63) is 83.9 Å². The highest BCUT2D eigenvalue weighted by molar-refractivity contribution is 6.05. The molecule has 1 heterocycles. The van der Waals surface area contributed by atoms with Gasteiger partial charge in [0.15, 0.2) is 0 Å². The first-order valence-corrected chi connectivity index (χ1v) is 9.68. The van der Waals surface area contributed by atoms with Gasteiger partial charge in [0.2, 0.25) is 11.8 Å². The SMILES string of the molecule is CCOc1ccccc1NC(=O)c1ccc(-c2nnc(-c3ccc(C)cc3)o2)cc1. The number of amides is 1. The van der Waals surface area contributed by atoms with Gasteiger partial charge in [0.1, 0.15) is 5.75 Å². The predicted octanol–water partition coefficient (Wildman–Crippen LogP) is 5.36. The fourth-order valence-corrected chi connectivity index (χ4v) is 2.96. The molecule has 150 valence electrons. The molecule has 1 amide bonds. The first-order valence-electron chi connectivity index (χ1n) is 9.68. The van der Waals surface area contributed by atoms with Crippen molar-refractivity contribution in [1.29, 1.82) is 0 Å². The Morgan fingerprint density at radius 3 is 2.13 bits per heavy atom. The Morgan fingerprint density at radius 1 is 0.900 bits per heavy atom. The van der Waals surface area contributed by atoms with Gasteiger partial charge in [-0.05, 0) is 62.4 Å². The van der Waals surface area contributed by atoms with E-state index in [0.717, 1.165) is 16.7 Å². The monoisotopic (exact) mass is 399 g/mol. The molecule has 0 radical (unpaired) electrons. The number of carbonyl (C=O) groups is 1. The van der Waals surface area contributed by atoms with Gasteiger partial charge < -0.3 is 14.5 Å². The smallest absolute Gasteiger partial charge is 0.255 e. The van der Waals surface area contributed by atoms with Gasteiger partial charge in [0.25, 0.3) is 5.91 Å². The van der Waals surface area contributed by atoms with E-state index >= 15 is 0 Å². The minimum Gasteiger partial charge on any atom is -0.492 e. The summed E-state index contributed by atoms with van der Waals surface area (Å²) in [5, 5.41) is 11.1. The van der Waals surface area contributed by atoms with Crippen molar-refractivity contribution in [2.24, 2.45) is 0 Å². The highest BCUT2D eigenvalue weighted by atomic mass is 16.5. The molecular weight excluding hydrogens is 378 g/mol. The fourth-order valence-electron chi connectivity index (χ4n) is 2.96. The average Bonchev–Trinajstić information content (AvgIpc) is 3.26. The number of aromatic nitrogens is 2. The average molecular weight is 399 g/mol. The minimum absolute atomic E-state index is 0.223. The summed E-state index contributed by atoms with van der Waals surface area (Å²) in [6.45, 7) is 4.45. The van der Waals surface area contributed by atoms with E-state index in [1.54, 1.807) is 24.3 Å². The Labute approximate surface area is 174 Å². The highest BCUT2D eigenvalue weighted by Crippen LogP contribution is 2.26. The van der Waals surface area contributed by atoms with Gasteiger partial charge >= 0.3 is 0 Å². The predicted molar refractivity (Wildman–Crippen MR) is 115 cm³/mol. The maximum atomic E-state index is 12.6. The number of hydrogen-bond donors (Lipinski definition) is 1. The lowest BCUT2D eigenvalue weighted by atomic mass is 10.1. The highest BCUT2D eigenvalue weighted by Gasteiger charge is 2.13. The van der Waals surface area contributed by atoms with Crippen LogP contribution in [0.25, 0.3) is 22.9 Å². The summed E-state index contributed by atoms with van der Waals surface area (Å²) in [6.07, 6.45) is 0. The Bertz CT molecular complexity index is 1150. The molecule has 0 saturated carbocycles. The molecule has 4 aromatic rings. The number of hydrogen-bond acceptors (Lipinski definition) is 5. The van der Waals surface area contributed by atoms with Gasteiger partial charge in [-0.2, -0.15) is 0 Å². The van der Waals surface area contributed by atoms with Crippen molar-refractivity contribution < 1.29 is 13.9 Å². The van der Waals surface area contributed by atoms with Crippen LogP contribution >= 0.6 is 0 Å². The van der Waals surface area contributed by atoms with Crippen LogP contribution in [0.1, 0.15) is 22.8 Å². The number of ether oxygens (including phenoxy) is 1. The Hall–Kier alpha value is -3.93. The lowest BCUT2D eigenvalue weighted by Crippen LogP contribution is -2.12. The van der Waals surface area contributed by atoms with Gasteiger partial charge in [-0.1, -0.05) is 29.8 Å². The fraction of sp³-hybridized carbons (Fsp3) is 0.125. The van der Waals surface area contributed by atoms with Crippen molar-refractivity contribution >= 4 is 11.6 Å². The zero-order valence-electron chi connectivity index (χ0n) is 16.8. The third kappa shape index (κ3) is 4.22. The van der Waals surface area contributed by atoms with Gasteiger partial charge in [0.05, 0.1) is 12.3 Å². The van der Waals surface area contributed by atoms with Gasteiger partial charge in [-0.25, -0.2) is 0 Å². The molecule has 0 aliphatic carbocycles. The van der Waals surface area contributed by atoms with E-state index in [1.807, 2.05) is 62.4 Å². The summed E-state index contributed by atoms with van der Waals surface area (Å²) in [6, 6.07) is 22.3. The maximum absolute atomic E-state index is 12.6. The maximum Gasteiger partial charge on any atom is 0.255 e. The standard InChI is InChI=1S/C24H21N3O3/c1-3-29-21-7-5-4-6-20(21)25-22(28)17-12-14-19(15-13-17)24-27-26-23(30-24)18-10-8-16(2)9-11-18/h4-15H,3H2,1-2H3,(H,25,28). The van der Waals surface area contributed by atoms with Crippen LogP contribution in [-0.2, 0) is 0 Å². The first-order chi connectivity index (χ1) is 14.6. The Balaban J connectivity index is 1.49. The molecule has 30 heavy (non-hydrogen) atoms. The summed E-state index contributed by atoms with van der Waals surface area (Å²) in [7, 11) is 0. The second kappa shape index (κ2) is 8.61. The van der Waals surface area contributed by atoms with E-state index in [9.17, 15) is 4.79 Å². The van der Waals surface area contributed by atoms with Crippen molar-refractivity contribution in [2.75, 3.05) is 11.9 Å². The molecule has 0 spiro atoms. The van der Waals surface area contributed by atoms with Crippen molar-refractivity contribution in [3.8, 4) is 28.7 Å². The third-order valence-electron chi connectivity index (χ3n) is 4.55. The van der Waals surface area contributed by atoms with Crippen molar-refractivity contribution in [3.63, 3.8) is 0 Å². The van der Waals surface area contributed by atoms with Gasteiger partial charge in [-0.3, -0.25) is 4.79 Å². The van der Waals surface area contributed by atoms with Crippen LogP contribution in [-0.4, -0.2) is 22.7 Å². The number of rotatable bonds is 6. The van der Waals surface area contributed by atoms with Crippen LogP contribution in [0.5, 0.6) is 5.75 Å². The summed E-state index contributed by atoms with van der Waals surface area (Å²) in [4.78, 5) is 12.6. The zero-order chi connectivity index (χ0) is 20.9. The molecule has 0 aliphatic rings. The van der Waals surface area contributed by atoms with Crippen LogP contribution in [0.15, 0.2) is 77.2 Å². The lowest BCUT2D eigenvalue weighted by molar-refractivity contribution is 0.102. The molecule has 1 N–H and O–H groups in total. The first kappa shape index (κ1) is 19.4. The molecule has 1 aromatic heterocycles. The van der Waals surface area contributed by atoms with E-state index in [2.05, 4.69) is 15.5 Å². The summed E-state index contributed by atoms with van der Waals surface area (Å²) < 4.78 is 11.3. The summed E-state index contributed by atoms with van der Waals surface area (Å²) in [5.74, 6) is 1.28. The van der Waals surface area contributed by atoms with Crippen LogP contribution in [0.3, 0.4) is 0 Å². The number of anilines is 1. The largest absolute Gasteiger partial charge is 0.492 e. The molecule has 4 rings (SSSR count). The molecule has 0 saturated heterocycles. The number of nitrogens with zero attached hydrogens (tertiary/aromatic N) is 2. The van der Waals surface area contributed by atoms with Gasteiger partial charge in [0, 0.05) is 16.7 Å². The number of benzene rings is 3. The van der Waals surface area contributed by atoms with E-state index in [4.69, 9.17) is 9.15 Å². The topological polar surface area (TPSA) is 77.2 Å². The molecule has 3 aromatic carbocycles. The van der Waals surface area contributed by atoms with Gasteiger partial charge in [-0.15, -0.1) is 10.2 Å². The third-order valence-corrected chi connectivity index (χ3v) is 4.55. The minimum atomic E-state index is -0.223. The van der Waals surface area contributed by atoms with E-state index in [1.165, 1.54) is 0 Å². The van der Waals surface area contributed by atoms with Crippen LogP contribution < -0.4 is 10.1 Å². The second-order valence-corrected chi connectivity index (χ2v) is 6.74. The van der Waals surface area contributed by atoms with Crippen molar-refractivity contribution in [1.82, 2.24) is 10.2 Å².